The summed E-state index contributed by atoms with van der Waals surface area (Å²) in [5.74, 6) is 0. The minimum atomic E-state index is -0.292. The van der Waals surface area contributed by atoms with E-state index in [4.69, 9.17) is 0 Å². The van der Waals surface area contributed by atoms with Crippen LogP contribution in [0.25, 0.3) is 0 Å². The molecule has 1 nitrogen and oxygen atoms in total. The first kappa shape index (κ1) is 21.2. The maximum absolute atomic E-state index is 2.45. The van der Waals surface area contributed by atoms with E-state index in [0.29, 0.717) is 0 Å². The largest absolute Gasteiger partial charge is 0.327 e. The second-order valence-corrected chi connectivity index (χ2v) is 7.33. The average Bonchev–Trinajstić information content (AvgIpc) is 2.60. The lowest BCUT2D eigenvalue weighted by Crippen LogP contribution is -2.43. The zero-order valence-corrected chi connectivity index (χ0v) is 16.4. The number of rotatable bonds is 8. The van der Waals surface area contributed by atoms with Gasteiger partial charge in [-0.2, -0.15) is 19.5 Å². The highest BCUT2D eigenvalue weighted by Gasteiger charge is 2.17. The van der Waals surface area contributed by atoms with Crippen LogP contribution in [0.1, 0.15) is 47.5 Å². The van der Waals surface area contributed by atoms with Crippen molar-refractivity contribution in [3.8, 4) is 0 Å². The van der Waals surface area contributed by atoms with Crippen LogP contribution in [0.15, 0.2) is 30.3 Å². The van der Waals surface area contributed by atoms with Crippen molar-refractivity contribution in [2.24, 2.45) is 0 Å². The van der Waals surface area contributed by atoms with Crippen molar-refractivity contribution in [1.29, 1.82) is 0 Å². The Hall–Kier alpha value is -0.755. The fourth-order valence-electron chi connectivity index (χ4n) is 2.85. The van der Waals surface area contributed by atoms with Crippen LogP contribution < -0.4 is 5.46 Å². The zero-order chi connectivity index (χ0) is 17.1. The molecule has 0 spiro atoms. The molecule has 1 atom stereocenters. The molecule has 0 radical (unpaired) electrons. The summed E-state index contributed by atoms with van der Waals surface area (Å²) in [5.41, 5.74) is 1.56. The summed E-state index contributed by atoms with van der Waals surface area (Å²) in [6.07, 6.45) is 5.05. The van der Waals surface area contributed by atoms with Crippen LogP contribution in [-0.4, -0.2) is 37.3 Å². The van der Waals surface area contributed by atoms with Gasteiger partial charge in [-0.05, 0) is 20.8 Å². The van der Waals surface area contributed by atoms with Gasteiger partial charge in [0.25, 0.3) is 0 Å². The van der Waals surface area contributed by atoms with Crippen LogP contribution in [0.2, 0.25) is 19.5 Å². The molecular weight excluding hydrogens is 265 g/mol. The van der Waals surface area contributed by atoms with E-state index in [0.717, 1.165) is 0 Å². The number of hydrogen-bond acceptors (Lipinski definition) is 0. The molecule has 1 rings (SSSR count). The second kappa shape index (κ2) is 10.9. The second-order valence-electron chi connectivity index (χ2n) is 7.33. The monoisotopic (exact) mass is 305 g/mol. The summed E-state index contributed by atoms with van der Waals surface area (Å²) in [4.78, 5) is 0. The van der Waals surface area contributed by atoms with Gasteiger partial charge in [-0.15, -0.1) is 0 Å². The molecule has 0 aromatic heterocycles. The molecule has 0 heterocycles. The average molecular weight is 305 g/mol. The zero-order valence-electron chi connectivity index (χ0n) is 16.4. The van der Waals surface area contributed by atoms with Gasteiger partial charge in [-0.3, -0.25) is 0 Å². The quantitative estimate of drug-likeness (QED) is 0.452. The first-order chi connectivity index (χ1) is 10.4. The predicted octanol–water partition coefficient (Wildman–Crippen LogP) is 5.28. The Morgan fingerprint density at radius 1 is 0.864 bits per heavy atom. The maximum Gasteiger partial charge on any atom is 0.0755 e. The van der Waals surface area contributed by atoms with Crippen LogP contribution >= 0.6 is 0 Å². The molecule has 0 aliphatic carbocycles. The van der Waals surface area contributed by atoms with E-state index >= 15 is 0 Å². The standard InChI is InChI=1S/C13H22B.C7H18N/c1-4-6-12-14(3,5-2)13-10-8-7-9-11-13;1-5-8(4,6-2)7-3/h7-11H,4-6,12H2,1-3H3;5-7H2,1-4H3/q-1;+1. The van der Waals surface area contributed by atoms with E-state index in [-0.39, 0.29) is 6.15 Å². The summed E-state index contributed by atoms with van der Waals surface area (Å²) in [6, 6.07) is 11.0. The molecule has 0 bridgehead atoms. The number of unbranched alkanes of at least 4 members (excludes halogenated alkanes) is 1. The van der Waals surface area contributed by atoms with Crippen molar-refractivity contribution < 1.29 is 4.48 Å². The molecule has 1 aromatic rings. The third-order valence-electron chi connectivity index (χ3n) is 5.99. The van der Waals surface area contributed by atoms with Crippen LogP contribution in [0.5, 0.6) is 0 Å². The third-order valence-corrected chi connectivity index (χ3v) is 5.99. The predicted molar refractivity (Wildman–Crippen MR) is 106 cm³/mol. The Morgan fingerprint density at radius 2 is 1.36 bits per heavy atom. The number of hydrogen-bond donors (Lipinski definition) is 0. The van der Waals surface area contributed by atoms with Gasteiger partial charge in [-0.25, -0.2) is 5.46 Å². The molecule has 0 saturated heterocycles. The highest BCUT2D eigenvalue weighted by Crippen LogP contribution is 2.18. The number of benzene rings is 1. The van der Waals surface area contributed by atoms with E-state index < -0.39 is 0 Å². The molecule has 0 saturated carbocycles. The molecule has 0 amide bonds. The Kier molecular flexibility index (Phi) is 10.5. The Bertz CT molecular complexity index is 364. The fourth-order valence-corrected chi connectivity index (χ4v) is 2.85. The molecule has 0 aliphatic heterocycles. The molecule has 2 heteroatoms. The van der Waals surface area contributed by atoms with E-state index in [1.54, 1.807) is 5.46 Å². The lowest BCUT2D eigenvalue weighted by Gasteiger charge is -2.35. The SMILES string of the molecule is CCCC[B-](C)(CC)c1ccccc1.CC[N+](C)(CC)CC. The maximum atomic E-state index is 2.45. The normalized spacial score (nSPS) is 14.0. The van der Waals surface area contributed by atoms with Crippen LogP contribution in [0, 0.1) is 0 Å². The molecule has 22 heavy (non-hydrogen) atoms. The lowest BCUT2D eigenvalue weighted by atomic mass is 9.20. The summed E-state index contributed by atoms with van der Waals surface area (Å²) < 4.78 is 1.21. The van der Waals surface area contributed by atoms with Crippen molar-refractivity contribution >= 4 is 11.6 Å². The van der Waals surface area contributed by atoms with Gasteiger partial charge in [0.1, 0.15) is 0 Å². The van der Waals surface area contributed by atoms with Crippen molar-refractivity contribution in [3.05, 3.63) is 30.3 Å². The molecule has 1 aromatic carbocycles. The van der Waals surface area contributed by atoms with E-state index in [1.165, 1.54) is 49.6 Å². The van der Waals surface area contributed by atoms with Crippen LogP contribution in [-0.2, 0) is 0 Å². The summed E-state index contributed by atoms with van der Waals surface area (Å²) >= 11 is 0. The van der Waals surface area contributed by atoms with Gasteiger partial charge in [0.15, 0.2) is 0 Å². The van der Waals surface area contributed by atoms with Gasteiger partial charge in [0.2, 0.25) is 0 Å². The summed E-state index contributed by atoms with van der Waals surface area (Å²) in [7, 11) is 2.29. The minimum Gasteiger partial charge on any atom is -0.327 e. The third kappa shape index (κ3) is 7.00. The van der Waals surface area contributed by atoms with Crippen molar-refractivity contribution in [2.75, 3.05) is 26.7 Å². The van der Waals surface area contributed by atoms with E-state index in [1.807, 2.05) is 0 Å². The molecule has 0 N–H and O–H groups in total. The Labute approximate surface area is 140 Å². The van der Waals surface area contributed by atoms with Crippen LogP contribution in [0.3, 0.4) is 0 Å². The van der Waals surface area contributed by atoms with Crippen molar-refractivity contribution in [1.82, 2.24) is 0 Å². The molecule has 128 valence electrons. The van der Waals surface area contributed by atoms with Crippen molar-refractivity contribution in [3.63, 3.8) is 0 Å². The summed E-state index contributed by atoms with van der Waals surface area (Å²) in [5, 5.41) is 0. The topological polar surface area (TPSA) is 0 Å². The number of quaternary nitrogens is 1. The van der Waals surface area contributed by atoms with Crippen molar-refractivity contribution in [2.45, 2.75) is 66.9 Å². The van der Waals surface area contributed by atoms with Gasteiger partial charge in [-0.1, -0.05) is 57.0 Å². The molecular formula is C20H40BN. The van der Waals surface area contributed by atoms with Crippen LogP contribution in [0.4, 0.5) is 0 Å². The van der Waals surface area contributed by atoms with E-state index in [9.17, 15) is 0 Å². The molecule has 1 unspecified atom stereocenters. The first-order valence-corrected chi connectivity index (χ1v) is 9.52. The van der Waals surface area contributed by atoms with Gasteiger partial charge < -0.3 is 4.48 Å². The fraction of sp³-hybridized carbons (Fsp3) is 0.700. The Balaban J connectivity index is 0.000000472. The summed E-state index contributed by atoms with van der Waals surface area (Å²) in [6.45, 7) is 17.5. The molecule has 0 fully saturated rings. The van der Waals surface area contributed by atoms with Gasteiger partial charge >= 0.3 is 0 Å². The lowest BCUT2D eigenvalue weighted by molar-refractivity contribution is -0.904. The smallest absolute Gasteiger partial charge is 0.0755 e. The highest BCUT2D eigenvalue weighted by molar-refractivity contribution is 6.90. The highest BCUT2D eigenvalue weighted by atomic mass is 15.3. The number of nitrogens with zero attached hydrogens (tertiary/aromatic N) is 1. The Morgan fingerprint density at radius 3 is 1.68 bits per heavy atom. The molecule has 0 aliphatic rings. The van der Waals surface area contributed by atoms with Gasteiger partial charge in [0.05, 0.1) is 26.7 Å². The van der Waals surface area contributed by atoms with Gasteiger partial charge in [0, 0.05) is 6.15 Å². The van der Waals surface area contributed by atoms with E-state index in [2.05, 4.69) is 78.8 Å². The minimum absolute atomic E-state index is 0.292. The first-order valence-electron chi connectivity index (χ1n) is 9.52.